The summed E-state index contributed by atoms with van der Waals surface area (Å²) >= 11 is 0. The van der Waals surface area contributed by atoms with E-state index < -0.39 is 0 Å². The summed E-state index contributed by atoms with van der Waals surface area (Å²) in [5, 5.41) is 0. The van der Waals surface area contributed by atoms with Gasteiger partial charge in [0, 0.05) is 5.56 Å². The van der Waals surface area contributed by atoms with Gasteiger partial charge in [0.25, 0.3) is 0 Å². The Morgan fingerprint density at radius 1 is 1.50 bits per heavy atom. The molecule has 0 bridgehead atoms. The molecule has 0 radical (unpaired) electrons. The molecule has 1 unspecified atom stereocenters. The number of hydrogen-bond acceptors (Lipinski definition) is 2. The molecular formula is C12H14O2. The van der Waals surface area contributed by atoms with Gasteiger partial charge in [-0.1, -0.05) is 30.4 Å². The van der Waals surface area contributed by atoms with Gasteiger partial charge in [0.1, 0.15) is 18.5 Å². The Hall–Kier alpha value is -1.28. The van der Waals surface area contributed by atoms with Crippen molar-refractivity contribution < 1.29 is 9.47 Å². The number of rotatable bonds is 4. The molecule has 0 amide bonds. The molecule has 0 saturated carbocycles. The number of hydrogen-bond donors (Lipinski definition) is 0. The summed E-state index contributed by atoms with van der Waals surface area (Å²) in [6.45, 7) is 3.50. The first-order valence-electron chi connectivity index (χ1n) is 4.86. The van der Waals surface area contributed by atoms with E-state index in [0.717, 1.165) is 17.9 Å². The van der Waals surface area contributed by atoms with Gasteiger partial charge in [-0.15, -0.1) is 0 Å². The van der Waals surface area contributed by atoms with Crippen LogP contribution in [0.4, 0.5) is 0 Å². The first-order chi connectivity index (χ1) is 6.90. The Kier molecular flexibility index (Phi) is 2.84. The van der Waals surface area contributed by atoms with Gasteiger partial charge in [-0.2, -0.15) is 0 Å². The van der Waals surface area contributed by atoms with Gasteiger partial charge in [-0.3, -0.25) is 0 Å². The molecule has 1 atom stereocenters. The minimum atomic E-state index is 0.314. The van der Waals surface area contributed by atoms with E-state index >= 15 is 0 Å². The summed E-state index contributed by atoms with van der Waals surface area (Å²) in [7, 11) is 0. The molecule has 2 rings (SSSR count). The van der Waals surface area contributed by atoms with Crippen molar-refractivity contribution in [1.29, 1.82) is 0 Å². The van der Waals surface area contributed by atoms with E-state index in [1.165, 1.54) is 0 Å². The Bertz CT molecular complexity index is 327. The normalized spacial score (nSPS) is 19.9. The standard InChI is InChI=1S/C12H14O2/c1-2-5-10-6-3-4-7-12(10)14-9-11-8-13-11/h2-7,11H,8-9H2,1H3/b5-2-. The number of benzene rings is 1. The van der Waals surface area contributed by atoms with E-state index in [9.17, 15) is 0 Å². The highest BCUT2D eigenvalue weighted by Crippen LogP contribution is 2.21. The maximum absolute atomic E-state index is 5.64. The molecule has 1 aromatic rings. The smallest absolute Gasteiger partial charge is 0.126 e. The molecule has 2 heteroatoms. The highest BCUT2D eigenvalue weighted by atomic mass is 16.6. The molecule has 1 aliphatic rings. The molecule has 2 nitrogen and oxygen atoms in total. The van der Waals surface area contributed by atoms with Gasteiger partial charge >= 0.3 is 0 Å². The zero-order valence-electron chi connectivity index (χ0n) is 8.27. The first-order valence-corrected chi connectivity index (χ1v) is 4.86. The van der Waals surface area contributed by atoms with Crippen molar-refractivity contribution in [2.45, 2.75) is 13.0 Å². The molecule has 1 aliphatic heterocycles. The summed E-state index contributed by atoms with van der Waals surface area (Å²) in [5.74, 6) is 0.932. The fraction of sp³-hybridized carbons (Fsp3) is 0.333. The van der Waals surface area contributed by atoms with Crippen molar-refractivity contribution in [2.24, 2.45) is 0 Å². The highest BCUT2D eigenvalue weighted by Gasteiger charge is 2.23. The highest BCUT2D eigenvalue weighted by molar-refractivity contribution is 5.56. The third-order valence-corrected chi connectivity index (χ3v) is 2.09. The number of epoxide rings is 1. The predicted molar refractivity (Wildman–Crippen MR) is 56.4 cm³/mol. The molecule has 1 heterocycles. The molecule has 0 spiro atoms. The monoisotopic (exact) mass is 190 g/mol. The van der Waals surface area contributed by atoms with Crippen LogP contribution in [-0.4, -0.2) is 19.3 Å². The van der Waals surface area contributed by atoms with Crippen molar-refractivity contribution >= 4 is 6.08 Å². The summed E-state index contributed by atoms with van der Waals surface area (Å²) < 4.78 is 10.7. The molecule has 0 aliphatic carbocycles. The Balaban J connectivity index is 2.05. The van der Waals surface area contributed by atoms with Crippen molar-refractivity contribution in [3.63, 3.8) is 0 Å². The van der Waals surface area contributed by atoms with Crippen LogP contribution in [0.25, 0.3) is 6.08 Å². The van der Waals surface area contributed by atoms with Crippen molar-refractivity contribution in [1.82, 2.24) is 0 Å². The zero-order valence-corrected chi connectivity index (χ0v) is 8.27. The quantitative estimate of drug-likeness (QED) is 0.680. The van der Waals surface area contributed by atoms with Crippen LogP contribution in [0.15, 0.2) is 30.3 Å². The lowest BCUT2D eigenvalue weighted by Crippen LogP contribution is -2.04. The summed E-state index contributed by atoms with van der Waals surface area (Å²) in [6, 6.07) is 8.02. The zero-order chi connectivity index (χ0) is 9.80. The van der Waals surface area contributed by atoms with E-state index in [1.807, 2.05) is 43.3 Å². The fourth-order valence-electron chi connectivity index (χ4n) is 1.28. The Labute approximate surface area is 84.2 Å². The SMILES string of the molecule is C/C=C\c1ccccc1OCC1CO1. The summed E-state index contributed by atoms with van der Waals surface area (Å²) in [6.07, 6.45) is 4.37. The maximum Gasteiger partial charge on any atom is 0.126 e. The summed E-state index contributed by atoms with van der Waals surface area (Å²) in [5.41, 5.74) is 1.12. The largest absolute Gasteiger partial charge is 0.490 e. The Morgan fingerprint density at radius 3 is 3.00 bits per heavy atom. The molecule has 1 saturated heterocycles. The van der Waals surface area contributed by atoms with Crippen LogP contribution in [0.5, 0.6) is 5.75 Å². The molecule has 0 N–H and O–H groups in total. The van der Waals surface area contributed by atoms with E-state index in [0.29, 0.717) is 12.7 Å². The van der Waals surface area contributed by atoms with Crippen LogP contribution in [-0.2, 0) is 4.74 Å². The number of allylic oxidation sites excluding steroid dienone is 1. The third kappa shape index (κ3) is 2.36. The van der Waals surface area contributed by atoms with Crippen molar-refractivity contribution in [2.75, 3.05) is 13.2 Å². The molecule has 0 aromatic heterocycles. The van der Waals surface area contributed by atoms with Crippen LogP contribution in [0.2, 0.25) is 0 Å². The predicted octanol–water partition coefficient (Wildman–Crippen LogP) is 2.50. The second-order valence-electron chi connectivity index (χ2n) is 3.30. The van der Waals surface area contributed by atoms with Crippen LogP contribution >= 0.6 is 0 Å². The van der Waals surface area contributed by atoms with Gasteiger partial charge < -0.3 is 9.47 Å². The average Bonchev–Trinajstić information content (AvgIpc) is 3.01. The molecule has 14 heavy (non-hydrogen) atoms. The first kappa shape index (κ1) is 9.28. The van der Waals surface area contributed by atoms with Crippen LogP contribution in [0.1, 0.15) is 12.5 Å². The lowest BCUT2D eigenvalue weighted by Gasteiger charge is -2.06. The summed E-state index contributed by atoms with van der Waals surface area (Å²) in [4.78, 5) is 0. The Morgan fingerprint density at radius 2 is 2.29 bits per heavy atom. The lowest BCUT2D eigenvalue weighted by molar-refractivity contribution is 0.262. The molecular weight excluding hydrogens is 176 g/mol. The lowest BCUT2D eigenvalue weighted by atomic mass is 10.2. The fourth-order valence-corrected chi connectivity index (χ4v) is 1.28. The van der Waals surface area contributed by atoms with E-state index in [4.69, 9.17) is 9.47 Å². The average molecular weight is 190 g/mol. The van der Waals surface area contributed by atoms with E-state index in [2.05, 4.69) is 0 Å². The van der Waals surface area contributed by atoms with E-state index in [1.54, 1.807) is 0 Å². The third-order valence-electron chi connectivity index (χ3n) is 2.09. The maximum atomic E-state index is 5.64. The van der Waals surface area contributed by atoms with Gasteiger partial charge in [-0.25, -0.2) is 0 Å². The van der Waals surface area contributed by atoms with E-state index in [-0.39, 0.29) is 0 Å². The molecule has 1 fully saturated rings. The minimum Gasteiger partial charge on any atom is -0.490 e. The molecule has 74 valence electrons. The van der Waals surface area contributed by atoms with Crippen LogP contribution in [0, 0.1) is 0 Å². The van der Waals surface area contributed by atoms with Gasteiger partial charge in [-0.05, 0) is 13.0 Å². The van der Waals surface area contributed by atoms with Crippen LogP contribution in [0.3, 0.4) is 0 Å². The van der Waals surface area contributed by atoms with Gasteiger partial charge in [0.05, 0.1) is 6.61 Å². The van der Waals surface area contributed by atoms with Crippen molar-refractivity contribution in [3.8, 4) is 5.75 Å². The minimum absolute atomic E-state index is 0.314. The number of ether oxygens (including phenoxy) is 2. The number of para-hydroxylation sites is 1. The molecule has 1 aromatic carbocycles. The topological polar surface area (TPSA) is 21.8 Å². The van der Waals surface area contributed by atoms with Gasteiger partial charge in [0.15, 0.2) is 0 Å². The second kappa shape index (κ2) is 4.29. The van der Waals surface area contributed by atoms with Gasteiger partial charge in [0.2, 0.25) is 0 Å². The second-order valence-corrected chi connectivity index (χ2v) is 3.30. The van der Waals surface area contributed by atoms with Crippen LogP contribution < -0.4 is 4.74 Å². The van der Waals surface area contributed by atoms with Crippen molar-refractivity contribution in [3.05, 3.63) is 35.9 Å².